The minimum Gasteiger partial charge on any atom is -0.378 e. The maximum Gasteiger partial charge on any atom is 0.256 e. The molecular weight excluding hydrogens is 335 g/mol. The lowest BCUT2D eigenvalue weighted by atomic mass is 10.2. The number of morpholine rings is 1. The zero-order valence-electron chi connectivity index (χ0n) is 12.8. The molecule has 1 fully saturated rings. The molecule has 24 heavy (non-hydrogen) atoms. The van der Waals surface area contributed by atoms with Crippen LogP contribution in [0.25, 0.3) is 0 Å². The van der Waals surface area contributed by atoms with Gasteiger partial charge in [-0.1, -0.05) is 17.7 Å². The summed E-state index contributed by atoms with van der Waals surface area (Å²) in [6.45, 7) is 2.91. The molecule has 0 saturated carbocycles. The molecule has 2 aromatic rings. The fraction of sp³-hybridized carbons (Fsp3) is 0.312. The number of nitrogens with zero attached hydrogens (tertiary/aromatic N) is 3. The van der Waals surface area contributed by atoms with Crippen LogP contribution < -0.4 is 10.2 Å². The van der Waals surface area contributed by atoms with Crippen LogP contribution in [0.5, 0.6) is 0 Å². The molecule has 1 saturated heterocycles. The van der Waals surface area contributed by atoms with E-state index in [1.165, 1.54) is 18.2 Å². The number of nitrogens with one attached hydrogen (secondary N) is 1. The number of halogens is 2. The summed E-state index contributed by atoms with van der Waals surface area (Å²) >= 11 is 5.88. The van der Waals surface area contributed by atoms with Crippen molar-refractivity contribution < 1.29 is 13.9 Å². The SMILES string of the molecule is O=C(NCc1nccc(N2CCOCC2)n1)c1c(F)cccc1Cl. The number of carbonyl (C=O) groups is 1. The summed E-state index contributed by atoms with van der Waals surface area (Å²) in [5.74, 6) is -0.0391. The van der Waals surface area contributed by atoms with Gasteiger partial charge in [0, 0.05) is 19.3 Å². The van der Waals surface area contributed by atoms with Crippen molar-refractivity contribution in [1.82, 2.24) is 15.3 Å². The van der Waals surface area contributed by atoms with E-state index in [1.807, 2.05) is 6.07 Å². The Balaban J connectivity index is 1.67. The number of benzene rings is 1. The average molecular weight is 351 g/mol. The molecule has 1 aromatic heterocycles. The van der Waals surface area contributed by atoms with Crippen LogP contribution in [0.2, 0.25) is 5.02 Å². The van der Waals surface area contributed by atoms with Crippen LogP contribution >= 0.6 is 11.6 Å². The molecular formula is C16H16ClFN4O2. The molecule has 6 nitrogen and oxygen atoms in total. The lowest BCUT2D eigenvalue weighted by Crippen LogP contribution is -2.37. The molecule has 126 valence electrons. The molecule has 0 radical (unpaired) electrons. The summed E-state index contributed by atoms with van der Waals surface area (Å²) in [5, 5.41) is 2.66. The van der Waals surface area contributed by atoms with E-state index in [1.54, 1.807) is 6.20 Å². The maximum absolute atomic E-state index is 13.7. The second-order valence-electron chi connectivity index (χ2n) is 5.21. The highest BCUT2D eigenvalue weighted by atomic mass is 35.5. The monoisotopic (exact) mass is 350 g/mol. The molecule has 8 heteroatoms. The van der Waals surface area contributed by atoms with Crippen molar-refractivity contribution in [2.45, 2.75) is 6.54 Å². The molecule has 1 N–H and O–H groups in total. The van der Waals surface area contributed by atoms with Crippen molar-refractivity contribution in [2.75, 3.05) is 31.2 Å². The maximum atomic E-state index is 13.7. The smallest absolute Gasteiger partial charge is 0.256 e. The topological polar surface area (TPSA) is 67.4 Å². The number of amides is 1. The standard InChI is InChI=1S/C16H16ClFN4O2/c17-11-2-1-3-12(18)15(11)16(23)20-10-13-19-5-4-14(21-13)22-6-8-24-9-7-22/h1-5H,6-10H2,(H,20,23). The highest BCUT2D eigenvalue weighted by molar-refractivity contribution is 6.33. The number of rotatable bonds is 4. The molecule has 1 amide bonds. The van der Waals surface area contributed by atoms with Crippen LogP contribution in [-0.2, 0) is 11.3 Å². The third-order valence-electron chi connectivity index (χ3n) is 3.62. The predicted molar refractivity (Wildman–Crippen MR) is 87.6 cm³/mol. The van der Waals surface area contributed by atoms with Crippen molar-refractivity contribution in [3.63, 3.8) is 0 Å². The normalized spacial score (nSPS) is 14.5. The molecule has 1 aliphatic rings. The highest BCUT2D eigenvalue weighted by Gasteiger charge is 2.17. The van der Waals surface area contributed by atoms with Gasteiger partial charge in [-0.05, 0) is 18.2 Å². The zero-order chi connectivity index (χ0) is 16.9. The Morgan fingerprint density at radius 1 is 1.33 bits per heavy atom. The Labute approximate surface area is 143 Å². The Hall–Kier alpha value is -2.25. The first-order chi connectivity index (χ1) is 11.6. The fourth-order valence-electron chi connectivity index (χ4n) is 2.40. The highest BCUT2D eigenvalue weighted by Crippen LogP contribution is 2.19. The lowest BCUT2D eigenvalue weighted by Gasteiger charge is -2.27. The molecule has 3 rings (SSSR count). The van der Waals surface area contributed by atoms with Gasteiger partial charge in [0.05, 0.1) is 30.3 Å². The molecule has 0 aliphatic carbocycles. The van der Waals surface area contributed by atoms with E-state index in [2.05, 4.69) is 20.2 Å². The number of aromatic nitrogens is 2. The molecule has 0 unspecified atom stereocenters. The minimum absolute atomic E-state index is 0.0653. The first-order valence-electron chi connectivity index (χ1n) is 7.52. The van der Waals surface area contributed by atoms with Gasteiger partial charge in [-0.2, -0.15) is 0 Å². The third-order valence-corrected chi connectivity index (χ3v) is 3.94. The van der Waals surface area contributed by atoms with Crippen LogP contribution in [0.15, 0.2) is 30.5 Å². The molecule has 2 heterocycles. The van der Waals surface area contributed by atoms with E-state index in [-0.39, 0.29) is 17.1 Å². The van der Waals surface area contributed by atoms with Crippen LogP contribution in [0, 0.1) is 5.82 Å². The van der Waals surface area contributed by atoms with E-state index in [4.69, 9.17) is 16.3 Å². The van der Waals surface area contributed by atoms with E-state index in [9.17, 15) is 9.18 Å². The van der Waals surface area contributed by atoms with E-state index in [0.717, 1.165) is 18.9 Å². The summed E-state index contributed by atoms with van der Waals surface area (Å²) in [7, 11) is 0. The van der Waals surface area contributed by atoms with Crippen LogP contribution in [-0.4, -0.2) is 42.2 Å². The van der Waals surface area contributed by atoms with Gasteiger partial charge >= 0.3 is 0 Å². The number of ether oxygens (including phenoxy) is 1. The number of hydrogen-bond donors (Lipinski definition) is 1. The first kappa shape index (κ1) is 16.6. The predicted octanol–water partition coefficient (Wildman–Crippen LogP) is 2.04. The number of hydrogen-bond acceptors (Lipinski definition) is 5. The average Bonchev–Trinajstić information content (AvgIpc) is 2.61. The third kappa shape index (κ3) is 3.80. The molecule has 0 spiro atoms. The van der Waals surface area contributed by atoms with Crippen molar-refractivity contribution in [3.8, 4) is 0 Å². The summed E-state index contributed by atoms with van der Waals surface area (Å²) in [4.78, 5) is 22.8. The van der Waals surface area contributed by atoms with Crippen molar-refractivity contribution >= 4 is 23.3 Å². The molecule has 1 aromatic carbocycles. The van der Waals surface area contributed by atoms with Gasteiger partial charge in [0.15, 0.2) is 0 Å². The van der Waals surface area contributed by atoms with Gasteiger partial charge in [0.1, 0.15) is 17.5 Å². The van der Waals surface area contributed by atoms with Gasteiger partial charge in [-0.3, -0.25) is 4.79 Å². The van der Waals surface area contributed by atoms with Crippen LogP contribution in [0.4, 0.5) is 10.2 Å². The van der Waals surface area contributed by atoms with Gasteiger partial charge in [0.25, 0.3) is 5.91 Å². The van der Waals surface area contributed by atoms with Gasteiger partial charge in [-0.25, -0.2) is 14.4 Å². The quantitative estimate of drug-likeness (QED) is 0.914. The summed E-state index contributed by atoms with van der Waals surface area (Å²) in [6.07, 6.45) is 1.63. The Morgan fingerprint density at radius 2 is 2.12 bits per heavy atom. The summed E-state index contributed by atoms with van der Waals surface area (Å²) in [6, 6.07) is 5.92. The summed E-state index contributed by atoms with van der Waals surface area (Å²) in [5.41, 5.74) is -0.177. The van der Waals surface area contributed by atoms with E-state index < -0.39 is 11.7 Å². The second-order valence-corrected chi connectivity index (χ2v) is 5.62. The van der Waals surface area contributed by atoms with Crippen LogP contribution in [0.1, 0.15) is 16.2 Å². The lowest BCUT2D eigenvalue weighted by molar-refractivity contribution is 0.0946. The van der Waals surface area contributed by atoms with E-state index >= 15 is 0 Å². The largest absolute Gasteiger partial charge is 0.378 e. The van der Waals surface area contributed by atoms with E-state index in [0.29, 0.717) is 19.0 Å². The van der Waals surface area contributed by atoms with Gasteiger partial charge < -0.3 is 15.0 Å². The van der Waals surface area contributed by atoms with Crippen LogP contribution in [0.3, 0.4) is 0 Å². The molecule has 0 bridgehead atoms. The Morgan fingerprint density at radius 3 is 2.88 bits per heavy atom. The first-order valence-corrected chi connectivity index (χ1v) is 7.90. The zero-order valence-corrected chi connectivity index (χ0v) is 13.6. The van der Waals surface area contributed by atoms with Gasteiger partial charge in [0.2, 0.25) is 0 Å². The number of anilines is 1. The van der Waals surface area contributed by atoms with Gasteiger partial charge in [-0.15, -0.1) is 0 Å². The summed E-state index contributed by atoms with van der Waals surface area (Å²) < 4.78 is 19.1. The van der Waals surface area contributed by atoms with Crippen molar-refractivity contribution in [2.24, 2.45) is 0 Å². The minimum atomic E-state index is -0.664. The Bertz CT molecular complexity index is 718. The molecule has 1 aliphatic heterocycles. The Kier molecular flexibility index (Phi) is 5.22. The van der Waals surface area contributed by atoms with Crippen molar-refractivity contribution in [3.05, 3.63) is 52.7 Å². The number of carbonyl (C=O) groups excluding carboxylic acids is 1. The van der Waals surface area contributed by atoms with Crippen molar-refractivity contribution in [1.29, 1.82) is 0 Å². The second kappa shape index (κ2) is 7.55. The fourth-order valence-corrected chi connectivity index (χ4v) is 2.65. The molecule has 0 atom stereocenters.